The Kier molecular flexibility index (Phi) is 7.22. The molecule has 1 saturated heterocycles. The van der Waals surface area contributed by atoms with Gasteiger partial charge in [0.1, 0.15) is 11.6 Å². The molecule has 1 fully saturated rings. The molecule has 3 aromatic rings. The van der Waals surface area contributed by atoms with E-state index in [1.165, 1.54) is 36.0 Å². The van der Waals surface area contributed by atoms with Crippen molar-refractivity contribution < 1.29 is 21.9 Å². The number of hydrogen-bond donors (Lipinski definition) is 0. The van der Waals surface area contributed by atoms with Crippen LogP contribution in [0.5, 0.6) is 0 Å². The van der Waals surface area contributed by atoms with Crippen molar-refractivity contribution in [1.82, 2.24) is 14.8 Å². The van der Waals surface area contributed by atoms with Crippen molar-refractivity contribution in [2.45, 2.75) is 42.0 Å². The Hall–Kier alpha value is -2.30. The molecule has 0 amide bonds. The number of ether oxygens (including phenoxy) is 1. The lowest BCUT2D eigenvalue weighted by Gasteiger charge is -2.14. The Balaban J connectivity index is 1.44. The van der Waals surface area contributed by atoms with Gasteiger partial charge >= 0.3 is 0 Å². The number of nitrogens with zero attached hydrogens (tertiary/aromatic N) is 3. The highest BCUT2D eigenvalue weighted by Crippen LogP contribution is 2.27. The van der Waals surface area contributed by atoms with Crippen LogP contribution in [0.3, 0.4) is 0 Å². The SMILES string of the molecule is O=S(=O)(CCCSc1nnc(-c2ccc(F)cc2)n1CC1CCCO1)c1ccc(F)cc1. The zero-order valence-corrected chi connectivity index (χ0v) is 18.9. The highest BCUT2D eigenvalue weighted by molar-refractivity contribution is 7.99. The highest BCUT2D eigenvalue weighted by Gasteiger charge is 2.22. The number of sulfone groups is 1. The maximum atomic E-state index is 13.3. The molecule has 0 spiro atoms. The second-order valence-corrected chi connectivity index (χ2v) is 10.7. The Morgan fingerprint density at radius 3 is 2.38 bits per heavy atom. The van der Waals surface area contributed by atoms with E-state index in [1.807, 2.05) is 4.57 Å². The minimum atomic E-state index is -3.48. The Morgan fingerprint density at radius 1 is 1.03 bits per heavy atom. The van der Waals surface area contributed by atoms with Crippen molar-refractivity contribution in [2.24, 2.45) is 0 Å². The number of rotatable bonds is 9. The first-order valence-corrected chi connectivity index (χ1v) is 13.0. The molecule has 1 aliphatic rings. The van der Waals surface area contributed by atoms with Gasteiger partial charge < -0.3 is 4.74 Å². The van der Waals surface area contributed by atoms with Crippen molar-refractivity contribution >= 4 is 21.6 Å². The van der Waals surface area contributed by atoms with Crippen molar-refractivity contribution in [2.75, 3.05) is 18.1 Å². The maximum Gasteiger partial charge on any atom is 0.191 e. The smallest absolute Gasteiger partial charge is 0.191 e. The van der Waals surface area contributed by atoms with Crippen molar-refractivity contribution in [3.8, 4) is 11.4 Å². The van der Waals surface area contributed by atoms with Crippen LogP contribution in [0, 0.1) is 11.6 Å². The third kappa shape index (κ3) is 5.54. The monoisotopic (exact) mass is 479 g/mol. The third-order valence-corrected chi connectivity index (χ3v) is 8.06. The summed E-state index contributed by atoms with van der Waals surface area (Å²) >= 11 is 1.42. The van der Waals surface area contributed by atoms with Crippen molar-refractivity contribution in [1.29, 1.82) is 0 Å². The summed E-state index contributed by atoms with van der Waals surface area (Å²) in [5.74, 6) is 0.309. The number of halogens is 2. The standard InChI is InChI=1S/C22H23F2N3O3S2/c23-17-6-4-16(5-7-17)21-25-26-22(27(21)15-19-3-1-12-30-19)31-13-2-14-32(28,29)20-10-8-18(24)9-11-20/h4-11,19H,1-3,12-15H2. The largest absolute Gasteiger partial charge is 0.376 e. The van der Waals surface area contributed by atoms with Crippen LogP contribution in [0.15, 0.2) is 58.6 Å². The average Bonchev–Trinajstić information content (AvgIpc) is 3.43. The molecule has 10 heteroatoms. The Bertz CT molecular complexity index is 1140. The van der Waals surface area contributed by atoms with Gasteiger partial charge in [0.25, 0.3) is 0 Å². The predicted octanol–water partition coefficient (Wildman–Crippen LogP) is 4.36. The van der Waals surface area contributed by atoms with Crippen LogP contribution in [0.1, 0.15) is 19.3 Å². The van der Waals surface area contributed by atoms with Crippen LogP contribution < -0.4 is 0 Å². The molecule has 0 saturated carbocycles. The first kappa shape index (κ1) is 22.9. The lowest BCUT2D eigenvalue weighted by atomic mass is 10.2. The molecule has 6 nitrogen and oxygen atoms in total. The molecule has 0 aliphatic carbocycles. The van der Waals surface area contributed by atoms with Gasteiger partial charge in [-0.2, -0.15) is 0 Å². The first-order valence-electron chi connectivity index (χ1n) is 10.3. The number of aromatic nitrogens is 3. The summed E-state index contributed by atoms with van der Waals surface area (Å²) in [5.41, 5.74) is 0.752. The van der Waals surface area contributed by atoms with Gasteiger partial charge in [-0.05, 0) is 67.8 Å². The average molecular weight is 480 g/mol. The molecular weight excluding hydrogens is 456 g/mol. The predicted molar refractivity (Wildman–Crippen MR) is 118 cm³/mol. The van der Waals surface area contributed by atoms with Gasteiger partial charge in [-0.1, -0.05) is 11.8 Å². The van der Waals surface area contributed by atoms with Gasteiger partial charge in [-0.25, -0.2) is 17.2 Å². The molecule has 1 unspecified atom stereocenters. The van der Waals surface area contributed by atoms with E-state index in [0.29, 0.717) is 29.7 Å². The molecule has 1 aromatic heterocycles. The van der Waals surface area contributed by atoms with Gasteiger partial charge in [0.2, 0.25) is 0 Å². The molecule has 1 aliphatic heterocycles. The second kappa shape index (κ2) is 10.1. The fourth-order valence-electron chi connectivity index (χ4n) is 3.54. The van der Waals surface area contributed by atoms with Crippen LogP contribution in [0.25, 0.3) is 11.4 Å². The van der Waals surface area contributed by atoms with E-state index in [4.69, 9.17) is 4.74 Å². The summed E-state index contributed by atoms with van der Waals surface area (Å²) in [7, 11) is -3.48. The summed E-state index contributed by atoms with van der Waals surface area (Å²) in [6, 6.07) is 10.9. The first-order chi connectivity index (χ1) is 15.4. The second-order valence-electron chi connectivity index (χ2n) is 7.53. The summed E-state index contributed by atoms with van der Waals surface area (Å²) in [4.78, 5) is 0.115. The van der Waals surface area contributed by atoms with Crippen LogP contribution in [-0.2, 0) is 21.1 Å². The van der Waals surface area contributed by atoms with Gasteiger partial charge in [-0.3, -0.25) is 4.57 Å². The maximum absolute atomic E-state index is 13.3. The summed E-state index contributed by atoms with van der Waals surface area (Å²) in [5, 5.41) is 9.26. The quantitative estimate of drug-likeness (QED) is 0.258. The Morgan fingerprint density at radius 2 is 1.72 bits per heavy atom. The van der Waals surface area contributed by atoms with E-state index < -0.39 is 15.7 Å². The summed E-state index contributed by atoms with van der Waals surface area (Å²) < 4.78 is 59.0. The minimum absolute atomic E-state index is 0.0453. The fourth-order valence-corrected chi connectivity index (χ4v) is 5.92. The summed E-state index contributed by atoms with van der Waals surface area (Å²) in [6.45, 7) is 1.30. The van der Waals surface area contributed by atoms with E-state index >= 15 is 0 Å². The lowest BCUT2D eigenvalue weighted by molar-refractivity contribution is 0.0953. The molecule has 0 radical (unpaired) electrons. The molecule has 2 heterocycles. The molecule has 1 atom stereocenters. The van der Waals surface area contributed by atoms with E-state index in [0.717, 1.165) is 37.1 Å². The molecular formula is C22H23F2N3O3S2. The lowest BCUT2D eigenvalue weighted by Crippen LogP contribution is -2.17. The van der Waals surface area contributed by atoms with Crippen molar-refractivity contribution in [3.63, 3.8) is 0 Å². The molecule has 0 N–H and O–H groups in total. The highest BCUT2D eigenvalue weighted by atomic mass is 32.2. The van der Waals surface area contributed by atoms with Crippen molar-refractivity contribution in [3.05, 3.63) is 60.2 Å². The van der Waals surface area contributed by atoms with Crippen LogP contribution in [0.2, 0.25) is 0 Å². The van der Waals surface area contributed by atoms with Gasteiger partial charge in [0.15, 0.2) is 20.8 Å². The van der Waals surface area contributed by atoms with E-state index in [-0.39, 0.29) is 22.6 Å². The van der Waals surface area contributed by atoms with E-state index in [9.17, 15) is 17.2 Å². The zero-order valence-electron chi connectivity index (χ0n) is 17.3. The van der Waals surface area contributed by atoms with Gasteiger partial charge in [0.05, 0.1) is 23.3 Å². The summed E-state index contributed by atoms with van der Waals surface area (Å²) in [6.07, 6.45) is 2.41. The van der Waals surface area contributed by atoms with E-state index in [1.54, 1.807) is 12.1 Å². The fraction of sp³-hybridized carbons (Fsp3) is 0.364. The minimum Gasteiger partial charge on any atom is -0.376 e. The Labute approximate surface area is 189 Å². The van der Waals surface area contributed by atoms with Crippen LogP contribution in [-0.4, -0.2) is 47.4 Å². The number of benzene rings is 2. The number of thioether (sulfide) groups is 1. The molecule has 32 heavy (non-hydrogen) atoms. The third-order valence-electron chi connectivity index (χ3n) is 5.19. The molecule has 4 rings (SSSR count). The molecule has 170 valence electrons. The molecule has 2 aromatic carbocycles. The topological polar surface area (TPSA) is 74.1 Å². The molecule has 0 bridgehead atoms. The zero-order chi connectivity index (χ0) is 22.6. The van der Waals surface area contributed by atoms with Gasteiger partial charge in [-0.15, -0.1) is 10.2 Å². The number of hydrogen-bond acceptors (Lipinski definition) is 6. The van der Waals surface area contributed by atoms with Gasteiger partial charge in [0, 0.05) is 17.9 Å². The van der Waals surface area contributed by atoms with Crippen LogP contribution in [0.4, 0.5) is 8.78 Å². The van der Waals surface area contributed by atoms with Crippen LogP contribution >= 0.6 is 11.8 Å². The van der Waals surface area contributed by atoms with E-state index in [2.05, 4.69) is 10.2 Å². The normalized spacial score (nSPS) is 16.5.